The number of rotatable bonds is 5. The van der Waals surface area contributed by atoms with Crippen molar-refractivity contribution in [3.8, 4) is 11.8 Å². The molecule has 0 fully saturated rings. The molecule has 0 bridgehead atoms. The summed E-state index contributed by atoms with van der Waals surface area (Å²) in [5.74, 6) is 0.428. The monoisotopic (exact) mass is 379 g/mol. The minimum absolute atomic E-state index is 0.265. The van der Waals surface area contributed by atoms with Gasteiger partial charge in [0.15, 0.2) is 0 Å². The van der Waals surface area contributed by atoms with Gasteiger partial charge in [0.2, 0.25) is 0 Å². The molecule has 0 spiro atoms. The van der Waals surface area contributed by atoms with Gasteiger partial charge in [-0.25, -0.2) is 4.39 Å². The van der Waals surface area contributed by atoms with E-state index in [9.17, 15) is 9.65 Å². The molecule has 4 aromatic carbocycles. The lowest BCUT2D eigenvalue weighted by Crippen LogP contribution is -1.95. The number of nitriles is 1. The lowest BCUT2D eigenvalue weighted by molar-refractivity contribution is 0.306. The third-order valence-electron chi connectivity index (χ3n) is 4.67. The Hall–Kier alpha value is -3.90. The molecule has 4 rings (SSSR count). The van der Waals surface area contributed by atoms with Crippen molar-refractivity contribution in [1.82, 2.24) is 0 Å². The number of ether oxygens (including phenoxy) is 1. The van der Waals surface area contributed by atoms with Gasteiger partial charge in [-0.3, -0.25) is 0 Å². The molecule has 0 aliphatic rings. The molecule has 0 N–H and O–H groups in total. The molecule has 0 radical (unpaired) electrons. The summed E-state index contributed by atoms with van der Waals surface area (Å²) in [6.45, 7) is 0.350. The lowest BCUT2D eigenvalue weighted by atomic mass is 10.00. The van der Waals surface area contributed by atoms with E-state index in [4.69, 9.17) is 4.74 Å². The Labute approximate surface area is 169 Å². The van der Waals surface area contributed by atoms with Crippen LogP contribution in [0.15, 0.2) is 91.0 Å². The summed E-state index contributed by atoms with van der Waals surface area (Å²) in [7, 11) is 0. The summed E-state index contributed by atoms with van der Waals surface area (Å²) in [5, 5.41) is 11.9. The van der Waals surface area contributed by atoms with Crippen molar-refractivity contribution in [2.24, 2.45) is 0 Å². The highest BCUT2D eigenvalue weighted by molar-refractivity contribution is 5.94. The number of halogens is 1. The lowest BCUT2D eigenvalue weighted by Gasteiger charge is -2.08. The van der Waals surface area contributed by atoms with E-state index in [0.29, 0.717) is 17.9 Å². The van der Waals surface area contributed by atoms with Gasteiger partial charge < -0.3 is 4.74 Å². The molecule has 3 heteroatoms. The van der Waals surface area contributed by atoms with E-state index < -0.39 is 0 Å². The molecule has 140 valence electrons. The van der Waals surface area contributed by atoms with Crippen molar-refractivity contribution in [3.05, 3.63) is 114 Å². The molecule has 0 aliphatic carbocycles. The Morgan fingerprint density at radius 3 is 2.45 bits per heavy atom. The van der Waals surface area contributed by atoms with Crippen LogP contribution >= 0.6 is 0 Å². The van der Waals surface area contributed by atoms with E-state index in [1.807, 2.05) is 66.7 Å². The van der Waals surface area contributed by atoms with Crippen LogP contribution in [0.4, 0.5) is 4.39 Å². The number of benzene rings is 4. The minimum atomic E-state index is -0.265. The maximum absolute atomic E-state index is 13.0. The number of hydrogen-bond donors (Lipinski definition) is 0. The maximum Gasteiger partial charge on any atom is 0.123 e. The molecule has 0 heterocycles. The molecule has 0 aromatic heterocycles. The van der Waals surface area contributed by atoms with Gasteiger partial charge in [-0.15, -0.1) is 0 Å². The third-order valence-corrected chi connectivity index (χ3v) is 4.67. The van der Waals surface area contributed by atoms with Gasteiger partial charge in [-0.1, -0.05) is 60.7 Å². The highest BCUT2D eigenvalue weighted by Crippen LogP contribution is 2.24. The Morgan fingerprint density at radius 2 is 1.66 bits per heavy atom. The number of hydrogen-bond acceptors (Lipinski definition) is 2. The van der Waals surface area contributed by atoms with Crippen LogP contribution in [0.1, 0.15) is 16.7 Å². The molecular weight excluding hydrogens is 361 g/mol. The number of allylic oxidation sites excluding steroid dienone is 1. The first-order valence-corrected chi connectivity index (χ1v) is 9.29. The van der Waals surface area contributed by atoms with Gasteiger partial charge in [0.1, 0.15) is 18.2 Å². The first-order chi connectivity index (χ1) is 14.2. The van der Waals surface area contributed by atoms with Gasteiger partial charge >= 0.3 is 0 Å². The fourth-order valence-electron chi connectivity index (χ4n) is 3.15. The van der Waals surface area contributed by atoms with E-state index in [-0.39, 0.29) is 5.82 Å². The second-order valence-electron chi connectivity index (χ2n) is 6.72. The van der Waals surface area contributed by atoms with Crippen LogP contribution in [0.3, 0.4) is 0 Å². The van der Waals surface area contributed by atoms with Crippen molar-refractivity contribution in [1.29, 1.82) is 5.26 Å². The van der Waals surface area contributed by atoms with E-state index in [1.165, 1.54) is 12.1 Å². The van der Waals surface area contributed by atoms with Gasteiger partial charge in [-0.2, -0.15) is 5.26 Å². The Bertz CT molecular complexity index is 1220. The smallest absolute Gasteiger partial charge is 0.123 e. The second kappa shape index (κ2) is 8.41. The zero-order valence-corrected chi connectivity index (χ0v) is 15.7. The van der Waals surface area contributed by atoms with Crippen LogP contribution in [0, 0.1) is 17.1 Å². The molecule has 29 heavy (non-hydrogen) atoms. The largest absolute Gasteiger partial charge is 0.489 e. The van der Waals surface area contributed by atoms with Gasteiger partial charge in [0, 0.05) is 0 Å². The Kier molecular flexibility index (Phi) is 5.36. The number of nitrogens with zero attached hydrogens (tertiary/aromatic N) is 1. The SMILES string of the molecule is N#C/C(=C/c1cccc(OCc2ccc(F)cc2)c1)c1ccc2ccccc2c1. The minimum Gasteiger partial charge on any atom is -0.489 e. The van der Waals surface area contributed by atoms with Crippen molar-refractivity contribution < 1.29 is 9.13 Å². The van der Waals surface area contributed by atoms with E-state index in [0.717, 1.165) is 27.5 Å². The topological polar surface area (TPSA) is 33.0 Å². The molecule has 4 aromatic rings. The fourth-order valence-corrected chi connectivity index (χ4v) is 3.15. The predicted octanol–water partition coefficient (Wildman–Crippen LogP) is 6.62. The highest BCUT2D eigenvalue weighted by atomic mass is 19.1. The summed E-state index contributed by atoms with van der Waals surface area (Å²) >= 11 is 0. The summed E-state index contributed by atoms with van der Waals surface area (Å²) in [5.41, 5.74) is 3.24. The summed E-state index contributed by atoms with van der Waals surface area (Å²) < 4.78 is 18.8. The molecule has 0 saturated heterocycles. The Morgan fingerprint density at radius 1 is 0.862 bits per heavy atom. The van der Waals surface area contributed by atoms with Crippen LogP contribution in [0.2, 0.25) is 0 Å². The summed E-state index contributed by atoms with van der Waals surface area (Å²) in [4.78, 5) is 0. The van der Waals surface area contributed by atoms with Gasteiger partial charge in [0.25, 0.3) is 0 Å². The van der Waals surface area contributed by atoms with Crippen LogP contribution in [0.5, 0.6) is 5.75 Å². The second-order valence-corrected chi connectivity index (χ2v) is 6.72. The predicted molar refractivity (Wildman–Crippen MR) is 115 cm³/mol. The van der Waals surface area contributed by atoms with E-state index in [1.54, 1.807) is 12.1 Å². The molecule has 0 unspecified atom stereocenters. The van der Waals surface area contributed by atoms with Crippen LogP contribution in [-0.4, -0.2) is 0 Å². The normalized spacial score (nSPS) is 11.2. The fraction of sp³-hybridized carbons (Fsp3) is 0.0385. The average Bonchev–Trinajstić information content (AvgIpc) is 2.77. The molecule has 0 atom stereocenters. The van der Waals surface area contributed by atoms with Gasteiger partial charge in [-0.05, 0) is 63.9 Å². The molecule has 0 aliphatic heterocycles. The van der Waals surface area contributed by atoms with Crippen molar-refractivity contribution in [2.45, 2.75) is 6.61 Å². The summed E-state index contributed by atoms with van der Waals surface area (Å²) in [6, 6.07) is 30.2. The highest BCUT2D eigenvalue weighted by Gasteiger charge is 2.04. The van der Waals surface area contributed by atoms with E-state index in [2.05, 4.69) is 12.1 Å². The van der Waals surface area contributed by atoms with Crippen LogP contribution in [0.25, 0.3) is 22.4 Å². The van der Waals surface area contributed by atoms with Crippen molar-refractivity contribution >= 4 is 22.4 Å². The zero-order valence-electron chi connectivity index (χ0n) is 15.7. The Balaban J connectivity index is 1.56. The zero-order chi connectivity index (χ0) is 20.1. The quantitative estimate of drug-likeness (QED) is 0.288. The molecule has 0 amide bonds. The number of fused-ring (bicyclic) bond motifs is 1. The molecule has 0 saturated carbocycles. The van der Waals surface area contributed by atoms with E-state index >= 15 is 0 Å². The van der Waals surface area contributed by atoms with Crippen LogP contribution in [-0.2, 0) is 6.61 Å². The standard InChI is InChI=1S/C26H18FNO/c27-25-12-8-19(9-13-25)18-29-26-7-3-4-20(15-26)14-24(17-28)23-11-10-21-5-1-2-6-22(21)16-23/h1-16H,18H2/b24-14-. The molecular formula is C26H18FNO. The summed E-state index contributed by atoms with van der Waals surface area (Å²) in [6.07, 6.45) is 1.86. The van der Waals surface area contributed by atoms with Crippen LogP contribution < -0.4 is 4.74 Å². The van der Waals surface area contributed by atoms with Gasteiger partial charge in [0.05, 0.1) is 11.6 Å². The maximum atomic E-state index is 13.0. The third kappa shape index (κ3) is 4.51. The molecule has 2 nitrogen and oxygen atoms in total. The average molecular weight is 379 g/mol. The van der Waals surface area contributed by atoms with Crippen molar-refractivity contribution in [2.75, 3.05) is 0 Å². The van der Waals surface area contributed by atoms with Crippen molar-refractivity contribution in [3.63, 3.8) is 0 Å². The first kappa shape index (κ1) is 18.5. The first-order valence-electron chi connectivity index (χ1n) is 9.29.